The van der Waals surface area contributed by atoms with Gasteiger partial charge in [0.05, 0.1) is 13.2 Å². The number of rotatable bonds is 8. The summed E-state index contributed by atoms with van der Waals surface area (Å²) in [4.78, 5) is 23.9. The molecule has 0 aromatic rings. The molecule has 1 rings (SSSR count). The number of ether oxygens (including phenoxy) is 3. The van der Waals surface area contributed by atoms with E-state index in [2.05, 4.69) is 11.4 Å². The minimum Gasteiger partial charge on any atom is -0.476 e. The Morgan fingerprint density at radius 1 is 1.19 bits per heavy atom. The Morgan fingerprint density at radius 3 is 2.33 bits per heavy atom. The van der Waals surface area contributed by atoms with Crippen LogP contribution in [0, 0.1) is 5.92 Å². The van der Waals surface area contributed by atoms with Gasteiger partial charge in [0.25, 0.3) is 0 Å². The molecule has 0 spiro atoms. The molecule has 0 amide bonds. The van der Waals surface area contributed by atoms with Crippen molar-refractivity contribution in [3.05, 3.63) is 23.0 Å². The van der Waals surface area contributed by atoms with Crippen LogP contribution in [0.2, 0.25) is 0 Å². The van der Waals surface area contributed by atoms with E-state index in [0.29, 0.717) is 13.2 Å². The van der Waals surface area contributed by atoms with Crippen LogP contribution in [0.5, 0.6) is 0 Å². The maximum atomic E-state index is 12.1. The normalized spacial score (nSPS) is 18.1. The summed E-state index contributed by atoms with van der Waals surface area (Å²) in [6, 6.07) is 0. The molecule has 1 atom stereocenters. The summed E-state index contributed by atoms with van der Waals surface area (Å²) >= 11 is 0. The highest BCUT2D eigenvalue weighted by Gasteiger charge is 2.34. The van der Waals surface area contributed by atoms with Crippen molar-refractivity contribution in [1.29, 1.82) is 0 Å². The van der Waals surface area contributed by atoms with Crippen molar-refractivity contribution in [2.24, 2.45) is 5.92 Å². The van der Waals surface area contributed by atoms with Gasteiger partial charge in [-0.2, -0.15) is 0 Å². The number of hydrogen-bond acceptors (Lipinski definition) is 6. The van der Waals surface area contributed by atoms with Crippen molar-refractivity contribution in [3.63, 3.8) is 0 Å². The molecule has 1 aliphatic carbocycles. The molecule has 6 nitrogen and oxygen atoms in total. The van der Waals surface area contributed by atoms with Gasteiger partial charge < -0.3 is 19.5 Å². The first-order valence-electron chi connectivity index (χ1n) is 9.53. The topological polar surface area (TPSA) is 73.9 Å². The Bertz CT molecular complexity index is 611. The second-order valence-corrected chi connectivity index (χ2v) is 8.47. The van der Waals surface area contributed by atoms with E-state index < -0.39 is 11.2 Å². The van der Waals surface area contributed by atoms with E-state index in [0.717, 1.165) is 23.3 Å². The van der Waals surface area contributed by atoms with Crippen molar-refractivity contribution in [2.75, 3.05) is 19.7 Å². The van der Waals surface area contributed by atoms with E-state index in [1.54, 1.807) is 20.8 Å². The van der Waals surface area contributed by atoms with Crippen molar-refractivity contribution < 1.29 is 23.8 Å². The summed E-state index contributed by atoms with van der Waals surface area (Å²) in [5.41, 5.74) is 0.553. The summed E-state index contributed by atoms with van der Waals surface area (Å²) in [6.45, 7) is 15.9. The van der Waals surface area contributed by atoms with E-state index in [-0.39, 0.29) is 24.4 Å². The smallest absolute Gasteiger partial charge is 0.349 e. The van der Waals surface area contributed by atoms with Gasteiger partial charge in [-0.1, -0.05) is 6.08 Å². The van der Waals surface area contributed by atoms with Gasteiger partial charge >= 0.3 is 11.9 Å². The molecule has 27 heavy (non-hydrogen) atoms. The maximum absolute atomic E-state index is 12.1. The van der Waals surface area contributed by atoms with Gasteiger partial charge in [0, 0.05) is 6.54 Å². The van der Waals surface area contributed by atoms with E-state index in [1.807, 2.05) is 34.6 Å². The molecule has 0 fully saturated rings. The lowest BCUT2D eigenvalue weighted by Gasteiger charge is -2.30. The SMILES string of the molecule is CCOC(=O)C(C)(C)OC1=C(C)CC(CNCC(=O)OC(C)(C)C)C=C1C. The summed E-state index contributed by atoms with van der Waals surface area (Å²) in [5, 5.41) is 3.16. The molecule has 0 saturated carbocycles. The highest BCUT2D eigenvalue weighted by molar-refractivity contribution is 5.78. The molecule has 0 saturated heterocycles. The van der Waals surface area contributed by atoms with Gasteiger partial charge in [-0.3, -0.25) is 4.79 Å². The summed E-state index contributed by atoms with van der Waals surface area (Å²) in [5.74, 6) is 0.368. The molecule has 0 aromatic heterocycles. The van der Waals surface area contributed by atoms with Gasteiger partial charge in [-0.25, -0.2) is 4.79 Å². The first-order valence-corrected chi connectivity index (χ1v) is 9.53. The van der Waals surface area contributed by atoms with Crippen LogP contribution in [0.1, 0.15) is 61.8 Å². The number of carbonyl (C=O) groups is 2. The molecule has 0 aliphatic heterocycles. The number of hydrogen-bond donors (Lipinski definition) is 1. The highest BCUT2D eigenvalue weighted by atomic mass is 16.6. The van der Waals surface area contributed by atoms with E-state index >= 15 is 0 Å². The number of allylic oxidation sites excluding steroid dienone is 2. The van der Waals surface area contributed by atoms with Crippen molar-refractivity contribution in [2.45, 2.75) is 73.0 Å². The van der Waals surface area contributed by atoms with E-state index in [9.17, 15) is 9.59 Å². The maximum Gasteiger partial charge on any atom is 0.349 e. The Labute approximate surface area is 163 Å². The van der Waals surface area contributed by atoms with Crippen LogP contribution in [0.4, 0.5) is 0 Å². The monoisotopic (exact) mass is 381 g/mol. The van der Waals surface area contributed by atoms with Crippen molar-refractivity contribution in [1.82, 2.24) is 5.32 Å². The van der Waals surface area contributed by atoms with Crippen LogP contribution in [0.3, 0.4) is 0 Å². The minimum atomic E-state index is -1.04. The molecule has 0 radical (unpaired) electrons. The predicted molar refractivity (Wildman–Crippen MR) is 105 cm³/mol. The molecular weight excluding hydrogens is 346 g/mol. The average molecular weight is 382 g/mol. The van der Waals surface area contributed by atoms with Crippen LogP contribution in [-0.2, 0) is 23.8 Å². The van der Waals surface area contributed by atoms with Gasteiger partial charge in [-0.15, -0.1) is 0 Å². The van der Waals surface area contributed by atoms with Crippen molar-refractivity contribution >= 4 is 11.9 Å². The Balaban J connectivity index is 2.62. The minimum absolute atomic E-state index is 0.183. The lowest BCUT2D eigenvalue weighted by molar-refractivity contribution is -0.163. The molecule has 6 heteroatoms. The molecule has 1 aliphatic rings. The number of nitrogens with one attached hydrogen (secondary N) is 1. The zero-order chi connectivity index (χ0) is 20.8. The molecule has 154 valence electrons. The van der Waals surface area contributed by atoms with E-state index in [4.69, 9.17) is 14.2 Å². The molecule has 1 N–H and O–H groups in total. The second kappa shape index (κ2) is 9.40. The summed E-state index contributed by atoms with van der Waals surface area (Å²) < 4.78 is 16.4. The Morgan fingerprint density at radius 2 is 1.81 bits per heavy atom. The molecule has 0 heterocycles. The number of carbonyl (C=O) groups excluding carboxylic acids is 2. The lowest BCUT2D eigenvalue weighted by atomic mass is 9.89. The van der Waals surface area contributed by atoms with Gasteiger partial charge in [0.15, 0.2) is 5.60 Å². The zero-order valence-corrected chi connectivity index (χ0v) is 18.0. The predicted octanol–water partition coefficient (Wildman–Crippen LogP) is 3.52. The van der Waals surface area contributed by atoms with Gasteiger partial charge in [-0.05, 0) is 78.9 Å². The average Bonchev–Trinajstić information content (AvgIpc) is 2.49. The van der Waals surface area contributed by atoms with Crippen LogP contribution >= 0.6 is 0 Å². The van der Waals surface area contributed by atoms with Crippen LogP contribution in [-0.4, -0.2) is 42.8 Å². The second-order valence-electron chi connectivity index (χ2n) is 8.47. The van der Waals surface area contributed by atoms with Gasteiger partial charge in [0.2, 0.25) is 0 Å². The fraction of sp³-hybridized carbons (Fsp3) is 0.714. The Kier molecular flexibility index (Phi) is 8.08. The van der Waals surface area contributed by atoms with Crippen LogP contribution in [0.15, 0.2) is 23.0 Å². The quantitative estimate of drug-likeness (QED) is 0.649. The first-order chi connectivity index (χ1) is 12.4. The Hall–Kier alpha value is -1.82. The molecular formula is C21H35NO5. The van der Waals surface area contributed by atoms with Crippen LogP contribution in [0.25, 0.3) is 0 Å². The molecule has 0 aromatic carbocycles. The fourth-order valence-electron chi connectivity index (χ4n) is 2.95. The first kappa shape index (κ1) is 23.2. The third kappa shape index (κ3) is 7.75. The number of esters is 2. The zero-order valence-electron chi connectivity index (χ0n) is 18.0. The summed E-state index contributed by atoms with van der Waals surface area (Å²) in [7, 11) is 0. The third-order valence-corrected chi connectivity index (χ3v) is 4.02. The van der Waals surface area contributed by atoms with Crippen molar-refractivity contribution in [3.8, 4) is 0 Å². The van der Waals surface area contributed by atoms with Crippen LogP contribution < -0.4 is 5.32 Å². The third-order valence-electron chi connectivity index (χ3n) is 4.02. The van der Waals surface area contributed by atoms with Gasteiger partial charge in [0.1, 0.15) is 11.4 Å². The largest absolute Gasteiger partial charge is 0.476 e. The fourth-order valence-corrected chi connectivity index (χ4v) is 2.95. The standard InChI is InChI=1S/C21H35NO5/c1-9-25-19(24)21(7,8)27-18-14(2)10-16(11-15(18)3)12-22-13-17(23)26-20(4,5)6/h10,16,22H,9,11-13H2,1-8H3. The molecule has 0 bridgehead atoms. The lowest BCUT2D eigenvalue weighted by Crippen LogP contribution is -2.37. The van der Waals surface area contributed by atoms with E-state index in [1.165, 1.54) is 0 Å². The molecule has 1 unspecified atom stereocenters. The highest BCUT2D eigenvalue weighted by Crippen LogP contribution is 2.32. The summed E-state index contributed by atoms with van der Waals surface area (Å²) in [6.07, 6.45) is 2.92.